The molecule has 0 aliphatic carbocycles. The van der Waals surface area contributed by atoms with E-state index in [9.17, 15) is 14.4 Å². The van der Waals surface area contributed by atoms with E-state index in [2.05, 4.69) is 11.3 Å². The van der Waals surface area contributed by atoms with Crippen LogP contribution in [0, 0.1) is 0 Å². The number of Topliss-reactive ketones (excluding diaryl/α,β-unsaturated/α-hetero) is 1. The summed E-state index contributed by atoms with van der Waals surface area (Å²) in [6, 6.07) is 0. The van der Waals surface area contributed by atoms with Crippen LogP contribution in [0.1, 0.15) is 27.2 Å². The van der Waals surface area contributed by atoms with Gasteiger partial charge in [-0.3, -0.25) is 4.79 Å². The molecule has 5 heteroatoms. The molecule has 1 atom stereocenters. The van der Waals surface area contributed by atoms with Crippen LogP contribution in [0.2, 0.25) is 0 Å². The third-order valence-electron chi connectivity index (χ3n) is 1.61. The summed E-state index contributed by atoms with van der Waals surface area (Å²) >= 11 is 0. The second-order valence-electron chi connectivity index (χ2n) is 3.34. The third-order valence-corrected chi connectivity index (χ3v) is 1.61. The van der Waals surface area contributed by atoms with Gasteiger partial charge in [-0.2, -0.15) is 0 Å². The van der Waals surface area contributed by atoms with Crippen molar-refractivity contribution in [2.24, 2.45) is 0 Å². The zero-order valence-corrected chi connectivity index (χ0v) is 9.74. The lowest BCUT2D eigenvalue weighted by atomic mass is 10.2. The summed E-state index contributed by atoms with van der Waals surface area (Å²) in [4.78, 5) is 33.6. The first kappa shape index (κ1) is 14.3. The van der Waals surface area contributed by atoms with E-state index in [-0.39, 0.29) is 12.2 Å². The van der Waals surface area contributed by atoms with Crippen molar-refractivity contribution < 1.29 is 23.9 Å². The molecule has 0 fully saturated rings. The monoisotopic (exact) mass is 228 g/mol. The molecule has 0 radical (unpaired) electrons. The minimum Gasteiger partial charge on any atom is -0.463 e. The van der Waals surface area contributed by atoms with Crippen LogP contribution in [0.4, 0.5) is 0 Å². The fourth-order valence-corrected chi connectivity index (χ4v) is 0.783. The molecule has 0 aromatic carbocycles. The molecule has 0 rings (SSSR count). The van der Waals surface area contributed by atoms with Gasteiger partial charge < -0.3 is 9.47 Å². The highest BCUT2D eigenvalue weighted by Crippen LogP contribution is 2.03. The molecular formula is C11H16O5. The SMILES string of the molecule is C=C(C)C(=O)OC(C(C)=O)C(=O)OCCC. The molecule has 0 saturated heterocycles. The van der Waals surface area contributed by atoms with Crippen LogP contribution in [0.3, 0.4) is 0 Å². The number of rotatable bonds is 6. The van der Waals surface area contributed by atoms with Gasteiger partial charge in [0.25, 0.3) is 6.10 Å². The van der Waals surface area contributed by atoms with Crippen molar-refractivity contribution in [1.29, 1.82) is 0 Å². The molecule has 5 nitrogen and oxygen atoms in total. The number of hydrogen-bond donors (Lipinski definition) is 0. The number of ether oxygens (including phenoxy) is 2. The topological polar surface area (TPSA) is 69.7 Å². The maximum atomic E-state index is 11.4. The summed E-state index contributed by atoms with van der Waals surface area (Å²) in [5, 5.41) is 0. The Morgan fingerprint density at radius 1 is 1.25 bits per heavy atom. The average Bonchev–Trinajstić information content (AvgIpc) is 2.21. The molecule has 90 valence electrons. The van der Waals surface area contributed by atoms with Crippen molar-refractivity contribution in [3.8, 4) is 0 Å². The fourth-order valence-electron chi connectivity index (χ4n) is 0.783. The van der Waals surface area contributed by atoms with E-state index < -0.39 is 23.8 Å². The Morgan fingerprint density at radius 2 is 1.81 bits per heavy atom. The van der Waals surface area contributed by atoms with Gasteiger partial charge in [0.05, 0.1) is 6.61 Å². The lowest BCUT2D eigenvalue weighted by Crippen LogP contribution is -2.35. The second kappa shape index (κ2) is 6.76. The molecule has 0 saturated carbocycles. The molecule has 0 spiro atoms. The smallest absolute Gasteiger partial charge is 0.355 e. The number of carbonyl (C=O) groups excluding carboxylic acids is 3. The summed E-state index contributed by atoms with van der Waals surface area (Å²) < 4.78 is 9.40. The van der Waals surface area contributed by atoms with Gasteiger partial charge in [-0.25, -0.2) is 9.59 Å². The van der Waals surface area contributed by atoms with Crippen LogP contribution in [-0.4, -0.2) is 30.4 Å². The zero-order chi connectivity index (χ0) is 12.7. The number of carbonyl (C=O) groups is 3. The maximum absolute atomic E-state index is 11.4. The van der Waals surface area contributed by atoms with Crippen LogP contribution in [-0.2, 0) is 23.9 Å². The molecule has 16 heavy (non-hydrogen) atoms. The van der Waals surface area contributed by atoms with Crippen molar-refractivity contribution >= 4 is 17.7 Å². The van der Waals surface area contributed by atoms with Crippen molar-refractivity contribution in [2.45, 2.75) is 33.3 Å². The van der Waals surface area contributed by atoms with E-state index in [1.165, 1.54) is 6.92 Å². The molecule has 0 bridgehead atoms. The Bertz CT molecular complexity index is 305. The van der Waals surface area contributed by atoms with Gasteiger partial charge in [-0.15, -0.1) is 0 Å². The predicted molar refractivity (Wildman–Crippen MR) is 56.6 cm³/mol. The molecule has 0 aliphatic heterocycles. The third kappa shape index (κ3) is 4.72. The van der Waals surface area contributed by atoms with Gasteiger partial charge in [0.15, 0.2) is 5.78 Å². The lowest BCUT2D eigenvalue weighted by Gasteiger charge is -2.13. The van der Waals surface area contributed by atoms with Crippen molar-refractivity contribution in [3.63, 3.8) is 0 Å². The normalized spacial score (nSPS) is 11.4. The van der Waals surface area contributed by atoms with E-state index in [1.807, 2.05) is 6.92 Å². The molecule has 1 unspecified atom stereocenters. The highest BCUT2D eigenvalue weighted by molar-refractivity contribution is 6.03. The number of hydrogen-bond acceptors (Lipinski definition) is 5. The first-order valence-electron chi connectivity index (χ1n) is 4.93. The first-order chi connectivity index (χ1) is 7.40. The Morgan fingerprint density at radius 3 is 2.19 bits per heavy atom. The van der Waals surface area contributed by atoms with Crippen LogP contribution in [0.15, 0.2) is 12.2 Å². The van der Waals surface area contributed by atoms with Gasteiger partial charge in [0.2, 0.25) is 0 Å². The van der Waals surface area contributed by atoms with Gasteiger partial charge >= 0.3 is 11.9 Å². The zero-order valence-electron chi connectivity index (χ0n) is 9.74. The Kier molecular flexibility index (Phi) is 6.07. The van der Waals surface area contributed by atoms with Crippen LogP contribution >= 0.6 is 0 Å². The molecule has 0 N–H and O–H groups in total. The van der Waals surface area contributed by atoms with E-state index in [1.54, 1.807) is 0 Å². The van der Waals surface area contributed by atoms with Crippen LogP contribution < -0.4 is 0 Å². The van der Waals surface area contributed by atoms with Crippen LogP contribution in [0.5, 0.6) is 0 Å². The standard InChI is InChI=1S/C11H16O5/c1-5-6-15-11(14)9(8(4)12)16-10(13)7(2)3/h9H,2,5-6H2,1,3-4H3. The fraction of sp³-hybridized carbons (Fsp3) is 0.545. The van der Waals surface area contributed by atoms with Crippen LogP contribution in [0.25, 0.3) is 0 Å². The van der Waals surface area contributed by atoms with Crippen molar-refractivity contribution in [3.05, 3.63) is 12.2 Å². The first-order valence-corrected chi connectivity index (χ1v) is 4.93. The Balaban J connectivity index is 4.50. The van der Waals surface area contributed by atoms with Crippen molar-refractivity contribution in [1.82, 2.24) is 0 Å². The van der Waals surface area contributed by atoms with E-state index in [0.29, 0.717) is 6.42 Å². The molecule has 0 aromatic rings. The minimum atomic E-state index is -1.49. The number of esters is 2. The van der Waals surface area contributed by atoms with E-state index >= 15 is 0 Å². The Labute approximate surface area is 94.4 Å². The van der Waals surface area contributed by atoms with Gasteiger partial charge in [-0.05, 0) is 20.3 Å². The summed E-state index contributed by atoms with van der Waals surface area (Å²) in [6.07, 6.45) is -0.860. The molecule has 0 aliphatic rings. The molecule has 0 aromatic heterocycles. The van der Waals surface area contributed by atoms with Crippen molar-refractivity contribution in [2.75, 3.05) is 6.61 Å². The van der Waals surface area contributed by atoms with E-state index in [0.717, 1.165) is 6.92 Å². The molecular weight excluding hydrogens is 212 g/mol. The Hall–Kier alpha value is -1.65. The largest absolute Gasteiger partial charge is 0.463 e. The molecule has 0 heterocycles. The maximum Gasteiger partial charge on any atom is 0.355 e. The second-order valence-corrected chi connectivity index (χ2v) is 3.34. The summed E-state index contributed by atoms with van der Waals surface area (Å²) in [7, 11) is 0. The minimum absolute atomic E-state index is 0.120. The summed E-state index contributed by atoms with van der Waals surface area (Å²) in [5.74, 6) is -2.20. The summed E-state index contributed by atoms with van der Waals surface area (Å²) in [5.41, 5.74) is 0.120. The van der Waals surface area contributed by atoms with Gasteiger partial charge in [0.1, 0.15) is 0 Å². The van der Waals surface area contributed by atoms with Gasteiger partial charge in [-0.1, -0.05) is 13.5 Å². The van der Waals surface area contributed by atoms with E-state index in [4.69, 9.17) is 4.74 Å². The number of ketones is 1. The highest BCUT2D eigenvalue weighted by Gasteiger charge is 2.29. The van der Waals surface area contributed by atoms with Gasteiger partial charge in [0, 0.05) is 5.57 Å². The quantitative estimate of drug-likeness (QED) is 0.385. The molecule has 0 amide bonds. The highest BCUT2D eigenvalue weighted by atomic mass is 16.6. The average molecular weight is 228 g/mol. The lowest BCUT2D eigenvalue weighted by molar-refractivity contribution is -0.168. The predicted octanol–water partition coefficient (Wildman–Crippen LogP) is 1.02. The summed E-state index contributed by atoms with van der Waals surface area (Å²) in [6.45, 7) is 7.94.